The molecule has 1 aliphatic rings. The lowest BCUT2D eigenvalue weighted by molar-refractivity contribution is 0.00578. The van der Waals surface area contributed by atoms with Crippen LogP contribution in [0.2, 0.25) is 0 Å². The standard InChI is InChI=1S/C19H19BF2N2O5S/c1-18(2)19(3,4)29-20(28-18)11-7-14(17-15(8-11)27-10-23-17)24-30(25,26)16-6-5-12(21)9-13(16)22/h5-10,24H,1-4H3. The molecule has 3 aromatic rings. The quantitative estimate of drug-likeness (QED) is 0.632. The normalized spacial score (nSPS) is 18.1. The van der Waals surface area contributed by atoms with Crippen molar-refractivity contribution in [1.82, 2.24) is 4.98 Å². The highest BCUT2D eigenvalue weighted by atomic mass is 32.2. The SMILES string of the molecule is CC1(C)OB(c2cc(NS(=O)(=O)c3ccc(F)cc3F)c3ncoc3c2)OC1(C)C. The zero-order valence-electron chi connectivity index (χ0n) is 16.7. The van der Waals surface area contributed by atoms with Gasteiger partial charge in [-0.05, 0) is 57.4 Å². The molecule has 1 aromatic heterocycles. The van der Waals surface area contributed by atoms with E-state index in [1.165, 1.54) is 6.07 Å². The molecule has 4 rings (SSSR count). The van der Waals surface area contributed by atoms with Crippen LogP contribution in [0.25, 0.3) is 11.1 Å². The molecule has 2 aromatic carbocycles. The molecule has 1 saturated heterocycles. The van der Waals surface area contributed by atoms with Gasteiger partial charge >= 0.3 is 7.12 Å². The summed E-state index contributed by atoms with van der Waals surface area (Å²) in [7, 11) is -5.15. The molecule has 2 heterocycles. The Morgan fingerprint density at radius 1 is 1.03 bits per heavy atom. The third-order valence-electron chi connectivity index (χ3n) is 5.41. The van der Waals surface area contributed by atoms with Crippen molar-refractivity contribution in [2.75, 3.05) is 4.72 Å². The minimum Gasteiger partial charge on any atom is -0.443 e. The number of hydrogen-bond donors (Lipinski definition) is 1. The fraction of sp³-hybridized carbons (Fsp3) is 0.316. The van der Waals surface area contributed by atoms with Crippen LogP contribution in [0.15, 0.2) is 46.0 Å². The van der Waals surface area contributed by atoms with Crippen molar-refractivity contribution in [2.24, 2.45) is 0 Å². The van der Waals surface area contributed by atoms with E-state index in [0.717, 1.165) is 18.5 Å². The summed E-state index contributed by atoms with van der Waals surface area (Å²) in [6.07, 6.45) is 1.16. The van der Waals surface area contributed by atoms with Crippen LogP contribution in [0.1, 0.15) is 27.7 Å². The van der Waals surface area contributed by atoms with Gasteiger partial charge < -0.3 is 13.7 Å². The van der Waals surface area contributed by atoms with Crippen molar-refractivity contribution < 1.29 is 30.9 Å². The second-order valence-electron chi connectivity index (χ2n) is 8.04. The molecule has 0 amide bonds. The van der Waals surface area contributed by atoms with E-state index in [4.69, 9.17) is 13.7 Å². The molecular weight excluding hydrogens is 417 g/mol. The van der Waals surface area contributed by atoms with Crippen LogP contribution in [0.5, 0.6) is 0 Å². The summed E-state index contributed by atoms with van der Waals surface area (Å²) in [4.78, 5) is 3.34. The zero-order chi connectivity index (χ0) is 21.9. The molecule has 0 spiro atoms. The van der Waals surface area contributed by atoms with Gasteiger partial charge in [-0.2, -0.15) is 0 Å². The van der Waals surface area contributed by atoms with Crippen LogP contribution in [-0.2, 0) is 19.3 Å². The molecule has 158 valence electrons. The molecule has 1 aliphatic heterocycles. The van der Waals surface area contributed by atoms with Crippen LogP contribution in [0, 0.1) is 11.6 Å². The lowest BCUT2D eigenvalue weighted by Crippen LogP contribution is -2.41. The number of aromatic nitrogens is 1. The minimum atomic E-state index is -4.37. The molecule has 11 heteroatoms. The monoisotopic (exact) mass is 436 g/mol. The predicted molar refractivity (Wildman–Crippen MR) is 107 cm³/mol. The third kappa shape index (κ3) is 3.46. The molecule has 0 aliphatic carbocycles. The Kier molecular flexibility index (Phi) is 4.68. The van der Waals surface area contributed by atoms with Gasteiger partial charge in [0.15, 0.2) is 12.0 Å². The number of benzene rings is 2. The van der Waals surface area contributed by atoms with E-state index in [9.17, 15) is 17.2 Å². The molecule has 0 saturated carbocycles. The third-order valence-corrected chi connectivity index (χ3v) is 6.81. The molecule has 7 nitrogen and oxygen atoms in total. The minimum absolute atomic E-state index is 0.0506. The fourth-order valence-corrected chi connectivity index (χ4v) is 4.19. The molecule has 30 heavy (non-hydrogen) atoms. The zero-order valence-corrected chi connectivity index (χ0v) is 17.5. The van der Waals surface area contributed by atoms with Crippen molar-refractivity contribution in [1.29, 1.82) is 0 Å². The number of anilines is 1. The summed E-state index contributed by atoms with van der Waals surface area (Å²) in [5.41, 5.74) is -0.152. The Balaban J connectivity index is 1.76. The number of halogens is 2. The van der Waals surface area contributed by atoms with Gasteiger partial charge in [0.25, 0.3) is 10.0 Å². The average molecular weight is 436 g/mol. The summed E-state index contributed by atoms with van der Waals surface area (Å²) in [6, 6.07) is 5.35. The average Bonchev–Trinajstić information content (AvgIpc) is 3.16. The maximum Gasteiger partial charge on any atom is 0.495 e. The van der Waals surface area contributed by atoms with Crippen molar-refractivity contribution in [3.63, 3.8) is 0 Å². The van der Waals surface area contributed by atoms with Crippen LogP contribution in [0.4, 0.5) is 14.5 Å². The van der Waals surface area contributed by atoms with Gasteiger partial charge in [0.1, 0.15) is 22.0 Å². The van der Waals surface area contributed by atoms with Crippen molar-refractivity contribution >= 4 is 39.4 Å². The van der Waals surface area contributed by atoms with E-state index < -0.39 is 44.9 Å². The molecule has 0 atom stereocenters. The first-order valence-corrected chi connectivity index (χ1v) is 10.6. The summed E-state index contributed by atoms with van der Waals surface area (Å²) in [5.74, 6) is -2.09. The number of fused-ring (bicyclic) bond motifs is 1. The highest BCUT2D eigenvalue weighted by Gasteiger charge is 2.52. The number of sulfonamides is 1. The maximum absolute atomic E-state index is 14.1. The van der Waals surface area contributed by atoms with Gasteiger partial charge in [-0.15, -0.1) is 0 Å². The predicted octanol–water partition coefficient (Wildman–Crippen LogP) is 3.21. The Bertz CT molecular complexity index is 1230. The Labute approximate surface area is 172 Å². The Morgan fingerprint density at radius 2 is 1.70 bits per heavy atom. The van der Waals surface area contributed by atoms with E-state index >= 15 is 0 Å². The molecule has 1 fully saturated rings. The number of rotatable bonds is 4. The molecule has 0 unspecified atom stereocenters. The summed E-state index contributed by atoms with van der Waals surface area (Å²) in [6.45, 7) is 7.56. The lowest BCUT2D eigenvalue weighted by Gasteiger charge is -2.32. The Hall–Kier alpha value is -2.50. The number of nitrogens with zero attached hydrogens (tertiary/aromatic N) is 1. The summed E-state index contributed by atoms with van der Waals surface area (Å²) < 4.78 is 72.4. The van der Waals surface area contributed by atoms with Gasteiger partial charge in [-0.3, -0.25) is 4.72 Å². The summed E-state index contributed by atoms with van der Waals surface area (Å²) >= 11 is 0. The first-order chi connectivity index (χ1) is 13.9. The van der Waals surface area contributed by atoms with Gasteiger partial charge in [0.2, 0.25) is 0 Å². The largest absolute Gasteiger partial charge is 0.495 e. The Morgan fingerprint density at radius 3 is 2.33 bits per heavy atom. The fourth-order valence-electron chi connectivity index (χ4n) is 3.07. The highest BCUT2D eigenvalue weighted by Crippen LogP contribution is 2.37. The van der Waals surface area contributed by atoms with Gasteiger partial charge in [0, 0.05) is 6.07 Å². The van der Waals surface area contributed by atoms with Crippen molar-refractivity contribution in [3.8, 4) is 0 Å². The maximum atomic E-state index is 14.1. The van der Waals surface area contributed by atoms with Crippen LogP contribution >= 0.6 is 0 Å². The second-order valence-corrected chi connectivity index (χ2v) is 9.69. The molecular formula is C19H19BF2N2O5S. The molecule has 0 bridgehead atoms. The molecule has 0 radical (unpaired) electrons. The summed E-state index contributed by atoms with van der Waals surface area (Å²) in [5, 5.41) is 0. The lowest BCUT2D eigenvalue weighted by atomic mass is 9.79. The second kappa shape index (κ2) is 6.76. The van der Waals surface area contributed by atoms with Crippen LogP contribution in [0.3, 0.4) is 0 Å². The first-order valence-electron chi connectivity index (χ1n) is 9.10. The van der Waals surface area contributed by atoms with E-state index in [1.54, 1.807) is 6.07 Å². The van der Waals surface area contributed by atoms with Gasteiger partial charge in [0.05, 0.1) is 16.9 Å². The van der Waals surface area contributed by atoms with Crippen molar-refractivity contribution in [3.05, 3.63) is 48.4 Å². The topological polar surface area (TPSA) is 90.7 Å². The first kappa shape index (κ1) is 20.8. The number of oxazole rings is 1. The van der Waals surface area contributed by atoms with Crippen LogP contribution in [-0.4, -0.2) is 31.7 Å². The van der Waals surface area contributed by atoms with E-state index in [0.29, 0.717) is 17.1 Å². The van der Waals surface area contributed by atoms with E-state index in [2.05, 4.69) is 9.71 Å². The van der Waals surface area contributed by atoms with E-state index in [-0.39, 0.29) is 11.2 Å². The van der Waals surface area contributed by atoms with E-state index in [1.807, 2.05) is 27.7 Å². The van der Waals surface area contributed by atoms with Crippen molar-refractivity contribution in [2.45, 2.75) is 43.8 Å². The highest BCUT2D eigenvalue weighted by molar-refractivity contribution is 7.92. The number of nitrogens with one attached hydrogen (secondary N) is 1. The molecule has 1 N–H and O–H groups in total. The van der Waals surface area contributed by atoms with Crippen LogP contribution < -0.4 is 10.2 Å². The smallest absolute Gasteiger partial charge is 0.443 e. The van der Waals surface area contributed by atoms with Gasteiger partial charge in [-0.25, -0.2) is 22.2 Å². The number of hydrogen-bond acceptors (Lipinski definition) is 6. The van der Waals surface area contributed by atoms with Gasteiger partial charge in [-0.1, -0.05) is 0 Å².